The van der Waals surface area contributed by atoms with Crippen molar-refractivity contribution in [2.24, 2.45) is 0 Å². The molecule has 2 heteroatoms. The minimum absolute atomic E-state index is 0.266. The van der Waals surface area contributed by atoms with Crippen molar-refractivity contribution in [3.63, 3.8) is 0 Å². The fourth-order valence-corrected chi connectivity index (χ4v) is 2.29. The van der Waals surface area contributed by atoms with Gasteiger partial charge in [-0.2, -0.15) is 0 Å². The van der Waals surface area contributed by atoms with E-state index in [0.717, 1.165) is 23.2 Å². The molecule has 0 spiro atoms. The highest BCUT2D eigenvalue weighted by Crippen LogP contribution is 2.31. The van der Waals surface area contributed by atoms with Crippen LogP contribution in [0.25, 0.3) is 0 Å². The monoisotopic (exact) mass is 255 g/mol. The lowest BCUT2D eigenvalue weighted by atomic mass is 10.0. The summed E-state index contributed by atoms with van der Waals surface area (Å²) < 4.78 is 0. The van der Waals surface area contributed by atoms with Gasteiger partial charge in [0.1, 0.15) is 5.75 Å². The van der Waals surface area contributed by atoms with Gasteiger partial charge in [-0.3, -0.25) is 0 Å². The van der Waals surface area contributed by atoms with E-state index in [1.54, 1.807) is 0 Å². The Morgan fingerprint density at radius 3 is 2.37 bits per heavy atom. The first-order chi connectivity index (χ1) is 9.13. The zero-order valence-electron chi connectivity index (χ0n) is 11.8. The van der Waals surface area contributed by atoms with E-state index < -0.39 is 0 Å². The van der Waals surface area contributed by atoms with E-state index in [1.165, 1.54) is 5.56 Å². The van der Waals surface area contributed by atoms with Crippen molar-refractivity contribution < 1.29 is 5.11 Å². The number of hydrogen-bond acceptors (Lipinski definition) is 2. The van der Waals surface area contributed by atoms with Crippen LogP contribution in [0.15, 0.2) is 42.5 Å². The van der Waals surface area contributed by atoms with Gasteiger partial charge < -0.3 is 10.4 Å². The number of aromatic hydroxyl groups is 1. The van der Waals surface area contributed by atoms with Crippen LogP contribution in [0.2, 0.25) is 0 Å². The molecule has 0 bridgehead atoms. The van der Waals surface area contributed by atoms with E-state index in [9.17, 15) is 5.11 Å². The Kier molecular flexibility index (Phi) is 4.10. The molecule has 0 amide bonds. The topological polar surface area (TPSA) is 32.3 Å². The SMILES string of the molecule is CCC(Nc1ccc(C)c(O)c1C)c1ccccc1. The minimum atomic E-state index is 0.266. The van der Waals surface area contributed by atoms with Crippen LogP contribution < -0.4 is 5.32 Å². The molecule has 0 radical (unpaired) electrons. The van der Waals surface area contributed by atoms with Crippen molar-refractivity contribution in [3.8, 4) is 5.75 Å². The third-order valence-electron chi connectivity index (χ3n) is 3.57. The summed E-state index contributed by atoms with van der Waals surface area (Å²) in [5, 5.41) is 13.5. The maximum absolute atomic E-state index is 10.0. The van der Waals surface area contributed by atoms with Gasteiger partial charge in [-0.15, -0.1) is 0 Å². The number of hydrogen-bond donors (Lipinski definition) is 2. The van der Waals surface area contributed by atoms with E-state index in [0.29, 0.717) is 5.75 Å². The predicted molar refractivity (Wildman–Crippen MR) is 80.7 cm³/mol. The molecule has 2 aromatic carbocycles. The van der Waals surface area contributed by atoms with E-state index >= 15 is 0 Å². The van der Waals surface area contributed by atoms with E-state index in [-0.39, 0.29) is 6.04 Å². The fraction of sp³-hybridized carbons (Fsp3) is 0.294. The highest BCUT2D eigenvalue weighted by atomic mass is 16.3. The lowest BCUT2D eigenvalue weighted by Crippen LogP contribution is -2.10. The fourth-order valence-electron chi connectivity index (χ4n) is 2.29. The molecule has 0 aliphatic rings. The van der Waals surface area contributed by atoms with E-state index in [1.807, 2.05) is 32.0 Å². The predicted octanol–water partition coefficient (Wildman–Crippen LogP) is 4.57. The summed E-state index contributed by atoms with van der Waals surface area (Å²) in [6, 6.07) is 14.6. The van der Waals surface area contributed by atoms with Gasteiger partial charge in [0.05, 0.1) is 6.04 Å². The molecular formula is C17H21NO. The Morgan fingerprint density at radius 1 is 1.05 bits per heavy atom. The van der Waals surface area contributed by atoms with Gasteiger partial charge in [-0.1, -0.05) is 43.3 Å². The number of phenolic OH excluding ortho intramolecular Hbond substituents is 1. The first-order valence-electron chi connectivity index (χ1n) is 6.74. The first-order valence-corrected chi connectivity index (χ1v) is 6.74. The summed E-state index contributed by atoms with van der Waals surface area (Å²) in [7, 11) is 0. The van der Waals surface area contributed by atoms with Gasteiger partial charge in [-0.25, -0.2) is 0 Å². The summed E-state index contributed by atoms with van der Waals surface area (Å²) in [5.41, 5.74) is 4.09. The first kappa shape index (κ1) is 13.5. The molecule has 0 aliphatic heterocycles. The molecule has 0 heterocycles. The average Bonchev–Trinajstić information content (AvgIpc) is 2.45. The average molecular weight is 255 g/mol. The van der Waals surface area contributed by atoms with Crippen LogP contribution in [0, 0.1) is 13.8 Å². The quantitative estimate of drug-likeness (QED) is 0.838. The van der Waals surface area contributed by atoms with Crippen molar-refractivity contribution in [2.75, 3.05) is 5.32 Å². The Balaban J connectivity index is 2.27. The second kappa shape index (κ2) is 5.79. The Hall–Kier alpha value is -1.96. The van der Waals surface area contributed by atoms with Crippen LogP contribution in [-0.2, 0) is 0 Å². The maximum atomic E-state index is 10.0. The van der Waals surface area contributed by atoms with E-state index in [2.05, 4.69) is 36.5 Å². The van der Waals surface area contributed by atoms with Crippen LogP contribution in [-0.4, -0.2) is 5.11 Å². The van der Waals surface area contributed by atoms with Crippen molar-refractivity contribution in [1.29, 1.82) is 0 Å². The number of nitrogens with one attached hydrogen (secondary N) is 1. The summed E-state index contributed by atoms with van der Waals surface area (Å²) in [6.45, 7) is 6.02. The Morgan fingerprint density at radius 2 is 1.74 bits per heavy atom. The lowest BCUT2D eigenvalue weighted by molar-refractivity contribution is 0.467. The summed E-state index contributed by atoms with van der Waals surface area (Å²) in [6.07, 6.45) is 0.998. The molecular weight excluding hydrogens is 234 g/mol. The second-order valence-corrected chi connectivity index (χ2v) is 4.92. The lowest BCUT2D eigenvalue weighted by Gasteiger charge is -2.21. The van der Waals surface area contributed by atoms with E-state index in [4.69, 9.17) is 0 Å². The van der Waals surface area contributed by atoms with Crippen LogP contribution >= 0.6 is 0 Å². The second-order valence-electron chi connectivity index (χ2n) is 4.92. The molecule has 0 saturated carbocycles. The largest absolute Gasteiger partial charge is 0.507 e. The molecule has 19 heavy (non-hydrogen) atoms. The van der Waals surface area contributed by atoms with Gasteiger partial charge in [0.2, 0.25) is 0 Å². The van der Waals surface area contributed by atoms with Gasteiger partial charge >= 0.3 is 0 Å². The van der Waals surface area contributed by atoms with Gasteiger partial charge in [0, 0.05) is 11.3 Å². The van der Waals surface area contributed by atoms with Gasteiger partial charge in [-0.05, 0) is 37.5 Å². The molecule has 0 saturated heterocycles. The normalized spacial score (nSPS) is 12.2. The Bertz CT molecular complexity index is 549. The standard InChI is InChI=1S/C17H21NO/c1-4-15(14-8-6-5-7-9-14)18-16-11-10-12(2)17(19)13(16)3/h5-11,15,18-19H,4H2,1-3H3. The summed E-state index contributed by atoms with van der Waals surface area (Å²) >= 11 is 0. The molecule has 2 rings (SSSR count). The number of anilines is 1. The highest BCUT2D eigenvalue weighted by Gasteiger charge is 2.12. The molecule has 100 valence electrons. The minimum Gasteiger partial charge on any atom is -0.507 e. The number of phenols is 1. The Labute approximate surface area is 115 Å². The number of rotatable bonds is 4. The van der Waals surface area contributed by atoms with Crippen LogP contribution in [0.1, 0.15) is 36.1 Å². The summed E-state index contributed by atoms with van der Waals surface area (Å²) in [5.74, 6) is 0.382. The highest BCUT2D eigenvalue weighted by molar-refractivity contribution is 5.59. The molecule has 0 fully saturated rings. The molecule has 0 aliphatic carbocycles. The zero-order chi connectivity index (χ0) is 13.8. The number of aryl methyl sites for hydroxylation is 1. The molecule has 0 aromatic heterocycles. The van der Waals surface area contributed by atoms with Crippen molar-refractivity contribution in [1.82, 2.24) is 0 Å². The van der Waals surface area contributed by atoms with Crippen molar-refractivity contribution >= 4 is 5.69 Å². The van der Waals surface area contributed by atoms with Crippen LogP contribution in [0.3, 0.4) is 0 Å². The zero-order valence-corrected chi connectivity index (χ0v) is 11.8. The van der Waals surface area contributed by atoms with Gasteiger partial charge in [0.25, 0.3) is 0 Å². The van der Waals surface area contributed by atoms with Gasteiger partial charge in [0.15, 0.2) is 0 Å². The smallest absolute Gasteiger partial charge is 0.123 e. The summed E-state index contributed by atoms with van der Waals surface area (Å²) in [4.78, 5) is 0. The number of benzene rings is 2. The van der Waals surface area contributed by atoms with Crippen molar-refractivity contribution in [3.05, 3.63) is 59.2 Å². The molecule has 2 nitrogen and oxygen atoms in total. The van der Waals surface area contributed by atoms with Crippen molar-refractivity contribution in [2.45, 2.75) is 33.2 Å². The molecule has 1 unspecified atom stereocenters. The molecule has 1 atom stereocenters. The third kappa shape index (κ3) is 2.90. The maximum Gasteiger partial charge on any atom is 0.123 e. The molecule has 2 aromatic rings. The molecule has 2 N–H and O–H groups in total. The third-order valence-corrected chi connectivity index (χ3v) is 3.57. The van der Waals surface area contributed by atoms with Crippen LogP contribution in [0.4, 0.5) is 5.69 Å². The van der Waals surface area contributed by atoms with Crippen LogP contribution in [0.5, 0.6) is 5.75 Å².